The molecular formula is C17H19N. The predicted octanol–water partition coefficient (Wildman–Crippen LogP) is 3.07. The standard InChI is InChI=1S/C17H19N/c18-12-17-11-15-5-3-13(4-6-15)1-2-14-7-9-16(17)10-8-14/h3-10,17H,1-2,11-12,18H2. The van der Waals surface area contributed by atoms with Crippen molar-refractivity contribution < 1.29 is 0 Å². The van der Waals surface area contributed by atoms with Gasteiger partial charge in [-0.2, -0.15) is 0 Å². The van der Waals surface area contributed by atoms with Crippen LogP contribution in [0, 0.1) is 0 Å². The highest BCUT2D eigenvalue weighted by atomic mass is 14.5. The number of aryl methyl sites for hydroxylation is 2. The minimum Gasteiger partial charge on any atom is -0.330 e. The van der Waals surface area contributed by atoms with Crippen LogP contribution in [0.3, 0.4) is 0 Å². The van der Waals surface area contributed by atoms with Crippen LogP contribution in [0.1, 0.15) is 28.2 Å². The van der Waals surface area contributed by atoms with Gasteiger partial charge in [0.25, 0.3) is 0 Å². The molecular weight excluding hydrogens is 218 g/mol. The summed E-state index contributed by atoms with van der Waals surface area (Å²) in [6, 6.07) is 18.0. The maximum absolute atomic E-state index is 5.93. The average Bonchev–Trinajstić information content (AvgIpc) is 2.42. The minimum absolute atomic E-state index is 0.435. The molecule has 4 bridgehead atoms. The molecule has 0 heterocycles. The molecule has 0 amide bonds. The van der Waals surface area contributed by atoms with Gasteiger partial charge in [0.2, 0.25) is 0 Å². The lowest BCUT2D eigenvalue weighted by molar-refractivity contribution is 0.693. The summed E-state index contributed by atoms with van der Waals surface area (Å²) in [7, 11) is 0. The lowest BCUT2D eigenvalue weighted by Gasteiger charge is -2.17. The first-order valence-electron chi connectivity index (χ1n) is 6.72. The first kappa shape index (κ1) is 11.5. The largest absolute Gasteiger partial charge is 0.330 e. The number of hydrogen-bond donors (Lipinski definition) is 1. The van der Waals surface area contributed by atoms with E-state index < -0.39 is 0 Å². The van der Waals surface area contributed by atoms with E-state index in [1.165, 1.54) is 22.3 Å². The van der Waals surface area contributed by atoms with Crippen molar-refractivity contribution in [3.05, 3.63) is 70.8 Å². The third kappa shape index (κ3) is 2.32. The quantitative estimate of drug-likeness (QED) is 0.810. The molecule has 2 aromatic carbocycles. The third-order valence-corrected chi connectivity index (χ3v) is 3.94. The van der Waals surface area contributed by atoms with Gasteiger partial charge in [0, 0.05) is 5.92 Å². The van der Waals surface area contributed by atoms with E-state index in [9.17, 15) is 0 Å². The lowest BCUT2D eigenvalue weighted by Crippen LogP contribution is -2.15. The fourth-order valence-corrected chi connectivity index (χ4v) is 2.71. The second-order valence-corrected chi connectivity index (χ2v) is 5.19. The Morgan fingerprint density at radius 2 is 1.28 bits per heavy atom. The highest BCUT2D eigenvalue weighted by molar-refractivity contribution is 5.31. The highest BCUT2D eigenvalue weighted by Crippen LogP contribution is 2.22. The monoisotopic (exact) mass is 237 g/mol. The van der Waals surface area contributed by atoms with Gasteiger partial charge in [0.05, 0.1) is 0 Å². The summed E-state index contributed by atoms with van der Waals surface area (Å²) < 4.78 is 0. The van der Waals surface area contributed by atoms with Gasteiger partial charge in [-0.25, -0.2) is 0 Å². The van der Waals surface area contributed by atoms with E-state index >= 15 is 0 Å². The van der Waals surface area contributed by atoms with Crippen molar-refractivity contribution in [2.75, 3.05) is 6.54 Å². The van der Waals surface area contributed by atoms with Crippen molar-refractivity contribution in [2.24, 2.45) is 5.73 Å². The van der Waals surface area contributed by atoms with E-state index in [4.69, 9.17) is 5.73 Å². The molecule has 92 valence electrons. The molecule has 1 atom stereocenters. The van der Waals surface area contributed by atoms with Gasteiger partial charge < -0.3 is 5.73 Å². The number of hydrogen-bond acceptors (Lipinski definition) is 1. The Morgan fingerprint density at radius 1 is 0.778 bits per heavy atom. The van der Waals surface area contributed by atoms with E-state index in [0.717, 1.165) is 19.3 Å². The van der Waals surface area contributed by atoms with E-state index in [-0.39, 0.29) is 0 Å². The first-order chi connectivity index (χ1) is 8.85. The molecule has 0 radical (unpaired) electrons. The molecule has 0 aliphatic heterocycles. The molecule has 1 heteroatoms. The zero-order chi connectivity index (χ0) is 12.4. The van der Waals surface area contributed by atoms with E-state index in [1.54, 1.807) is 0 Å². The summed E-state index contributed by atoms with van der Waals surface area (Å²) in [5.41, 5.74) is 11.5. The van der Waals surface area contributed by atoms with Gasteiger partial charge >= 0.3 is 0 Å². The van der Waals surface area contributed by atoms with Gasteiger partial charge in [-0.3, -0.25) is 0 Å². The summed E-state index contributed by atoms with van der Waals surface area (Å²) in [5.74, 6) is 0.435. The van der Waals surface area contributed by atoms with Crippen LogP contribution in [-0.4, -0.2) is 6.54 Å². The van der Waals surface area contributed by atoms with Crippen LogP contribution in [0.5, 0.6) is 0 Å². The number of rotatable bonds is 1. The molecule has 0 fully saturated rings. The van der Waals surface area contributed by atoms with Gasteiger partial charge in [-0.15, -0.1) is 0 Å². The maximum Gasteiger partial charge on any atom is 0.000157 e. The Hall–Kier alpha value is -1.60. The Balaban J connectivity index is 2.01. The SMILES string of the molecule is NCC1Cc2ccc(cc2)CCc2ccc1cc2. The van der Waals surface area contributed by atoms with E-state index in [1.807, 2.05) is 0 Å². The van der Waals surface area contributed by atoms with Crippen LogP contribution >= 0.6 is 0 Å². The van der Waals surface area contributed by atoms with Crippen molar-refractivity contribution in [1.29, 1.82) is 0 Å². The summed E-state index contributed by atoms with van der Waals surface area (Å²) in [6.45, 7) is 0.709. The molecule has 0 spiro atoms. The number of benzene rings is 2. The molecule has 1 nitrogen and oxygen atoms in total. The smallest absolute Gasteiger partial charge is 0.000157 e. The lowest BCUT2D eigenvalue weighted by atomic mass is 9.89. The van der Waals surface area contributed by atoms with Gasteiger partial charge in [0.15, 0.2) is 0 Å². The number of nitrogens with two attached hydrogens (primary N) is 1. The molecule has 6 rings (SSSR count). The van der Waals surface area contributed by atoms with Crippen LogP contribution in [0.15, 0.2) is 48.5 Å². The minimum atomic E-state index is 0.435. The molecule has 4 aliphatic rings. The third-order valence-electron chi connectivity index (χ3n) is 3.94. The fourth-order valence-electron chi connectivity index (χ4n) is 2.71. The second-order valence-electron chi connectivity index (χ2n) is 5.19. The van der Waals surface area contributed by atoms with Crippen LogP contribution in [-0.2, 0) is 19.3 Å². The van der Waals surface area contributed by atoms with Gasteiger partial charge in [-0.05, 0) is 48.1 Å². The molecule has 1 unspecified atom stereocenters. The van der Waals surface area contributed by atoms with Gasteiger partial charge in [-0.1, -0.05) is 48.5 Å². The van der Waals surface area contributed by atoms with E-state index in [0.29, 0.717) is 12.5 Å². The molecule has 2 aromatic rings. The van der Waals surface area contributed by atoms with Crippen molar-refractivity contribution in [3.8, 4) is 0 Å². The van der Waals surface area contributed by atoms with Crippen molar-refractivity contribution in [3.63, 3.8) is 0 Å². The Kier molecular flexibility index (Phi) is 3.16. The zero-order valence-corrected chi connectivity index (χ0v) is 10.6. The first-order valence-corrected chi connectivity index (χ1v) is 6.72. The molecule has 0 saturated heterocycles. The highest BCUT2D eigenvalue weighted by Gasteiger charge is 2.11. The van der Waals surface area contributed by atoms with Crippen molar-refractivity contribution in [1.82, 2.24) is 0 Å². The molecule has 0 saturated carbocycles. The normalized spacial score (nSPS) is 18.4. The molecule has 0 aromatic heterocycles. The zero-order valence-electron chi connectivity index (χ0n) is 10.6. The fraction of sp³-hybridized carbons (Fsp3) is 0.294. The Morgan fingerprint density at radius 3 is 1.83 bits per heavy atom. The topological polar surface area (TPSA) is 26.0 Å². The van der Waals surface area contributed by atoms with E-state index in [2.05, 4.69) is 48.5 Å². The average molecular weight is 237 g/mol. The summed E-state index contributed by atoms with van der Waals surface area (Å²) in [6.07, 6.45) is 3.28. The predicted molar refractivity (Wildman–Crippen MR) is 75.8 cm³/mol. The van der Waals surface area contributed by atoms with Crippen LogP contribution in [0.4, 0.5) is 0 Å². The summed E-state index contributed by atoms with van der Waals surface area (Å²) in [4.78, 5) is 0. The van der Waals surface area contributed by atoms with Crippen molar-refractivity contribution in [2.45, 2.75) is 25.2 Å². The van der Waals surface area contributed by atoms with Crippen LogP contribution in [0.25, 0.3) is 0 Å². The van der Waals surface area contributed by atoms with Crippen molar-refractivity contribution >= 4 is 0 Å². The molecule has 18 heavy (non-hydrogen) atoms. The Labute approximate surface area is 109 Å². The summed E-state index contributed by atoms with van der Waals surface area (Å²) in [5, 5.41) is 0. The second kappa shape index (κ2) is 4.95. The molecule has 2 N–H and O–H groups in total. The van der Waals surface area contributed by atoms with Gasteiger partial charge in [0.1, 0.15) is 0 Å². The molecule has 4 aliphatic carbocycles. The Bertz CT molecular complexity index is 510. The van der Waals surface area contributed by atoms with Crippen LogP contribution < -0.4 is 5.73 Å². The van der Waals surface area contributed by atoms with Crippen LogP contribution in [0.2, 0.25) is 0 Å². The maximum atomic E-state index is 5.93. The summed E-state index contributed by atoms with van der Waals surface area (Å²) >= 11 is 0.